The smallest absolute Gasteiger partial charge is 0.304 e. The largest absolute Gasteiger partial charge is 0.388 e. The van der Waals surface area contributed by atoms with Crippen molar-refractivity contribution < 1.29 is 35.6 Å². The summed E-state index contributed by atoms with van der Waals surface area (Å²) in [6.07, 6.45) is 0. The fraction of sp³-hybridized carbons (Fsp3) is 1.00. The van der Waals surface area contributed by atoms with E-state index in [-0.39, 0.29) is 10.5 Å². The Morgan fingerprint density at radius 3 is 1.14 bits per heavy atom. The summed E-state index contributed by atoms with van der Waals surface area (Å²) in [5.41, 5.74) is 0. The van der Waals surface area contributed by atoms with E-state index in [9.17, 15) is 17.5 Å². The van der Waals surface area contributed by atoms with Crippen LogP contribution in [0.5, 0.6) is 0 Å². The lowest BCUT2D eigenvalue weighted by Crippen LogP contribution is -2.11. The standard InChI is InChI=1S/2C7H17O4PS2/c2*1-5-14(9)6-7(2)13-12(8,10-3)11-4/h2*7H,5-6H2,1-4H3. The minimum Gasteiger partial charge on any atom is -0.304 e. The van der Waals surface area contributed by atoms with Crippen molar-refractivity contribution in [3.05, 3.63) is 0 Å². The van der Waals surface area contributed by atoms with Gasteiger partial charge in [-0.2, -0.15) is 0 Å². The van der Waals surface area contributed by atoms with Gasteiger partial charge in [0.25, 0.3) is 0 Å². The van der Waals surface area contributed by atoms with E-state index in [2.05, 4.69) is 0 Å². The van der Waals surface area contributed by atoms with Gasteiger partial charge in [0.2, 0.25) is 0 Å². The average Bonchev–Trinajstić information content (AvgIpc) is 2.67. The van der Waals surface area contributed by atoms with Crippen LogP contribution >= 0.6 is 36.4 Å². The van der Waals surface area contributed by atoms with Crippen LogP contribution in [0.3, 0.4) is 0 Å². The van der Waals surface area contributed by atoms with Gasteiger partial charge in [0.1, 0.15) is 0 Å². The van der Waals surface area contributed by atoms with Crippen molar-refractivity contribution in [3.63, 3.8) is 0 Å². The van der Waals surface area contributed by atoms with Crippen LogP contribution in [0.25, 0.3) is 0 Å². The van der Waals surface area contributed by atoms with Crippen molar-refractivity contribution in [1.29, 1.82) is 0 Å². The number of hydrogen-bond donors (Lipinski definition) is 0. The Kier molecular flexibility index (Phi) is 19.0. The zero-order valence-electron chi connectivity index (χ0n) is 17.8. The third kappa shape index (κ3) is 15.2. The summed E-state index contributed by atoms with van der Waals surface area (Å²) in [6, 6.07) is 0. The number of hydrogen-bond acceptors (Lipinski definition) is 10. The lowest BCUT2D eigenvalue weighted by atomic mass is 10.6. The maximum atomic E-state index is 11.7. The van der Waals surface area contributed by atoms with Gasteiger partial charge in [-0.1, -0.05) is 27.7 Å². The van der Waals surface area contributed by atoms with E-state index in [4.69, 9.17) is 18.1 Å². The molecule has 0 fully saturated rings. The highest BCUT2D eigenvalue weighted by molar-refractivity contribution is 8.55. The summed E-state index contributed by atoms with van der Waals surface area (Å²) in [4.78, 5) is 0. The predicted molar refractivity (Wildman–Crippen MR) is 124 cm³/mol. The van der Waals surface area contributed by atoms with Crippen molar-refractivity contribution in [2.75, 3.05) is 51.5 Å². The Hall–Kier alpha value is 1.30. The van der Waals surface area contributed by atoms with E-state index in [1.165, 1.54) is 28.4 Å². The fourth-order valence-electron chi connectivity index (χ4n) is 1.58. The maximum absolute atomic E-state index is 11.7. The molecule has 0 rings (SSSR count). The summed E-state index contributed by atoms with van der Waals surface area (Å²) in [5.74, 6) is 2.26. The van der Waals surface area contributed by atoms with Crippen LogP contribution in [0.4, 0.5) is 0 Å². The van der Waals surface area contributed by atoms with Crippen molar-refractivity contribution in [3.8, 4) is 0 Å². The molecule has 0 aliphatic rings. The molecule has 0 aliphatic heterocycles. The molecule has 172 valence electrons. The van der Waals surface area contributed by atoms with Gasteiger partial charge < -0.3 is 18.1 Å². The van der Waals surface area contributed by atoms with Crippen LogP contribution in [0.2, 0.25) is 0 Å². The normalized spacial score (nSPS) is 16.6. The number of rotatable bonds is 14. The Labute approximate surface area is 182 Å². The van der Waals surface area contributed by atoms with Gasteiger partial charge in [-0.05, 0) is 22.8 Å². The molecule has 0 saturated carbocycles. The summed E-state index contributed by atoms with van der Waals surface area (Å²) in [6.45, 7) is 1.41. The quantitative estimate of drug-likeness (QED) is 0.303. The Balaban J connectivity index is 0. The topological polar surface area (TPSA) is 105 Å². The van der Waals surface area contributed by atoms with Crippen molar-refractivity contribution in [2.45, 2.75) is 38.2 Å². The van der Waals surface area contributed by atoms with Gasteiger partial charge in [0, 0.05) is 83.5 Å². The summed E-state index contributed by atoms with van der Waals surface area (Å²) < 4.78 is 64.8. The molecule has 0 amide bonds. The highest BCUT2D eigenvalue weighted by atomic mass is 32.7. The second kappa shape index (κ2) is 16.9. The van der Waals surface area contributed by atoms with Gasteiger partial charge in [-0.25, -0.2) is 9.13 Å². The molecule has 0 spiro atoms. The van der Waals surface area contributed by atoms with Crippen LogP contribution in [0.1, 0.15) is 27.7 Å². The van der Waals surface area contributed by atoms with Crippen LogP contribution < -0.4 is 0 Å². The van der Waals surface area contributed by atoms with E-state index in [0.717, 1.165) is 22.8 Å². The SMILES string of the molecule is CCS(=O)CC(C)SP(=O)(OC)OC.CCS(=O)CC(C)SP(=O)(OC)OC. The Morgan fingerprint density at radius 1 is 0.714 bits per heavy atom. The lowest BCUT2D eigenvalue weighted by Gasteiger charge is -2.16. The second-order valence-electron chi connectivity index (χ2n) is 5.25. The minimum atomic E-state index is -3.02. The molecule has 0 bridgehead atoms. The van der Waals surface area contributed by atoms with Gasteiger partial charge >= 0.3 is 13.6 Å². The maximum Gasteiger partial charge on any atom is 0.388 e. The van der Waals surface area contributed by atoms with Crippen LogP contribution in [0.15, 0.2) is 0 Å². The zero-order valence-corrected chi connectivity index (χ0v) is 22.8. The summed E-state index contributed by atoms with van der Waals surface area (Å²) >= 11 is 2.22. The van der Waals surface area contributed by atoms with Crippen molar-refractivity contribution in [1.82, 2.24) is 0 Å². The first-order valence-electron chi connectivity index (χ1n) is 8.44. The molecule has 0 heterocycles. The Morgan fingerprint density at radius 2 is 0.964 bits per heavy atom. The first kappa shape index (κ1) is 31.5. The van der Waals surface area contributed by atoms with E-state index in [1.54, 1.807) is 0 Å². The second-order valence-corrected chi connectivity index (χ2v) is 18.1. The molecular weight excluding hydrogens is 486 g/mol. The van der Waals surface area contributed by atoms with E-state index >= 15 is 0 Å². The first-order valence-corrected chi connectivity index (χ1v) is 17.5. The summed E-state index contributed by atoms with van der Waals surface area (Å²) in [7, 11) is 3.69. The monoisotopic (exact) mass is 520 g/mol. The highest BCUT2D eigenvalue weighted by Gasteiger charge is 2.27. The van der Waals surface area contributed by atoms with Crippen LogP contribution in [0, 0.1) is 0 Å². The average molecular weight is 521 g/mol. The van der Waals surface area contributed by atoms with Crippen LogP contribution in [-0.4, -0.2) is 70.4 Å². The highest BCUT2D eigenvalue weighted by Crippen LogP contribution is 2.61. The molecule has 0 aliphatic carbocycles. The van der Waals surface area contributed by atoms with Crippen molar-refractivity contribution >= 4 is 58.0 Å². The van der Waals surface area contributed by atoms with Crippen LogP contribution in [-0.2, 0) is 48.8 Å². The first-order chi connectivity index (χ1) is 12.9. The third-order valence-corrected chi connectivity index (χ3v) is 15.3. The van der Waals surface area contributed by atoms with E-state index in [1.807, 2.05) is 27.7 Å². The molecule has 0 aromatic heterocycles. The van der Waals surface area contributed by atoms with Crippen molar-refractivity contribution in [2.24, 2.45) is 0 Å². The lowest BCUT2D eigenvalue weighted by molar-refractivity contribution is 0.294. The van der Waals surface area contributed by atoms with Gasteiger partial charge in [-0.15, -0.1) is 0 Å². The third-order valence-electron chi connectivity index (χ3n) is 3.00. The van der Waals surface area contributed by atoms with E-state index in [0.29, 0.717) is 23.0 Å². The fourth-order valence-corrected chi connectivity index (χ4v) is 10.8. The molecule has 0 saturated heterocycles. The molecule has 0 aromatic carbocycles. The van der Waals surface area contributed by atoms with Gasteiger partial charge in [0.05, 0.1) is 0 Å². The minimum absolute atomic E-state index is 0.00140. The molecule has 0 aromatic rings. The zero-order chi connectivity index (χ0) is 22.4. The Bertz CT molecular complexity index is 499. The molecule has 4 atom stereocenters. The molecule has 0 N–H and O–H groups in total. The summed E-state index contributed by atoms with van der Waals surface area (Å²) in [5, 5.41) is 0.00281. The van der Waals surface area contributed by atoms with Gasteiger partial charge in [0.15, 0.2) is 0 Å². The molecule has 14 heteroatoms. The molecule has 0 radical (unpaired) electrons. The molecule has 8 nitrogen and oxygen atoms in total. The van der Waals surface area contributed by atoms with Gasteiger partial charge in [-0.3, -0.25) is 8.42 Å². The predicted octanol–water partition coefficient (Wildman–Crippen LogP) is 4.56. The van der Waals surface area contributed by atoms with E-state index < -0.39 is 35.2 Å². The molecular formula is C14H34O8P2S4. The molecule has 4 unspecified atom stereocenters. The molecule has 28 heavy (non-hydrogen) atoms.